The fraction of sp³-hybridized carbons (Fsp3) is 0.357. The first kappa shape index (κ1) is 27.7. The molecule has 0 saturated heterocycles. The van der Waals surface area contributed by atoms with E-state index < -0.39 is 0 Å². The summed E-state index contributed by atoms with van der Waals surface area (Å²) in [6.45, 7) is 13.2. The summed E-state index contributed by atoms with van der Waals surface area (Å²) in [4.78, 5) is 5.74. The van der Waals surface area contributed by atoms with Gasteiger partial charge in [0.15, 0.2) is 0 Å². The van der Waals surface area contributed by atoms with Crippen molar-refractivity contribution >= 4 is 65.5 Å². The molecule has 0 aliphatic carbocycles. The van der Waals surface area contributed by atoms with Gasteiger partial charge in [-0.15, -0.1) is 45.3 Å². The number of nitrogens with two attached hydrogens (primary N) is 1. The van der Waals surface area contributed by atoms with Crippen LogP contribution in [0.4, 0.5) is 0 Å². The number of benzene rings is 1. The van der Waals surface area contributed by atoms with Gasteiger partial charge in [0.25, 0.3) is 0 Å². The van der Waals surface area contributed by atoms with Crippen LogP contribution in [-0.2, 0) is 0 Å². The number of fused-ring (bicyclic) bond motifs is 2. The smallest absolute Gasteiger partial charge is 0.0445 e. The van der Waals surface area contributed by atoms with Gasteiger partial charge in [-0.25, -0.2) is 0 Å². The molecule has 0 radical (unpaired) electrons. The molecule has 0 unspecified atom stereocenters. The lowest BCUT2D eigenvalue weighted by Gasteiger charge is -2.09. The Balaban J connectivity index is 0.000000733. The highest BCUT2D eigenvalue weighted by Gasteiger charge is 2.22. The number of rotatable bonds is 4. The van der Waals surface area contributed by atoms with Crippen LogP contribution in [-0.4, -0.2) is 7.05 Å². The predicted molar refractivity (Wildman–Crippen MR) is 160 cm³/mol. The maximum absolute atomic E-state index is 4.50. The van der Waals surface area contributed by atoms with Crippen LogP contribution in [0.15, 0.2) is 47.2 Å². The monoisotopic (exact) mass is 515 g/mol. The lowest BCUT2D eigenvalue weighted by Crippen LogP contribution is -1.82. The Morgan fingerprint density at radius 2 is 1.33 bits per heavy atom. The maximum atomic E-state index is 4.50. The topological polar surface area (TPSA) is 26.0 Å². The van der Waals surface area contributed by atoms with Gasteiger partial charge in [0.2, 0.25) is 0 Å². The quantitative estimate of drug-likeness (QED) is 0.253. The Labute approximate surface area is 215 Å². The van der Waals surface area contributed by atoms with E-state index >= 15 is 0 Å². The van der Waals surface area contributed by atoms with Crippen LogP contribution >= 0.6 is 45.3 Å². The van der Waals surface area contributed by atoms with Gasteiger partial charge in [-0.05, 0) is 60.0 Å². The van der Waals surface area contributed by atoms with Crippen molar-refractivity contribution in [3.63, 3.8) is 0 Å². The fourth-order valence-electron chi connectivity index (χ4n) is 3.72. The number of hydrogen-bond donors (Lipinski definition) is 1. The van der Waals surface area contributed by atoms with Gasteiger partial charge in [-0.3, -0.25) is 0 Å². The first-order valence-electron chi connectivity index (χ1n) is 11.2. The molecule has 5 heteroatoms. The van der Waals surface area contributed by atoms with E-state index in [-0.39, 0.29) is 7.43 Å². The van der Waals surface area contributed by atoms with Crippen molar-refractivity contribution in [1.82, 2.24) is 0 Å². The van der Waals surface area contributed by atoms with E-state index in [0.717, 1.165) is 0 Å². The van der Waals surface area contributed by atoms with Gasteiger partial charge < -0.3 is 5.73 Å². The summed E-state index contributed by atoms with van der Waals surface area (Å²) in [5.74, 6) is 1.13. The maximum Gasteiger partial charge on any atom is 0.0445 e. The van der Waals surface area contributed by atoms with Gasteiger partial charge in [0.1, 0.15) is 0 Å². The molecule has 33 heavy (non-hydrogen) atoms. The van der Waals surface area contributed by atoms with Crippen LogP contribution in [0, 0.1) is 0 Å². The van der Waals surface area contributed by atoms with Crippen molar-refractivity contribution in [2.24, 2.45) is 5.73 Å². The average Bonchev–Trinajstić information content (AvgIpc) is 3.61. The van der Waals surface area contributed by atoms with Gasteiger partial charge in [-0.2, -0.15) is 0 Å². The van der Waals surface area contributed by atoms with Crippen molar-refractivity contribution in [3.8, 4) is 20.9 Å². The summed E-state index contributed by atoms with van der Waals surface area (Å²) in [6.07, 6.45) is 0. The molecule has 0 spiro atoms. The van der Waals surface area contributed by atoms with Gasteiger partial charge in [-0.1, -0.05) is 55.0 Å². The second kappa shape index (κ2) is 12.3. The molecule has 1 aromatic carbocycles. The molecule has 4 heterocycles. The highest BCUT2D eigenvalue weighted by Crippen LogP contribution is 2.51. The zero-order chi connectivity index (χ0) is 23.4. The molecular weight excluding hydrogens is 479 g/mol. The molecule has 5 aromatic rings. The zero-order valence-electron chi connectivity index (χ0n) is 20.0. The second-order valence-corrected chi connectivity index (χ2v) is 11.9. The van der Waals surface area contributed by atoms with E-state index in [9.17, 15) is 0 Å². The molecule has 1 nitrogen and oxygen atoms in total. The van der Waals surface area contributed by atoms with Crippen molar-refractivity contribution in [2.75, 3.05) is 7.05 Å². The molecule has 2 N–H and O–H groups in total. The molecule has 178 valence electrons. The third kappa shape index (κ3) is 5.28. The van der Waals surface area contributed by atoms with Gasteiger partial charge in [0, 0.05) is 50.8 Å². The summed E-state index contributed by atoms with van der Waals surface area (Å²) in [7, 11) is 1.50. The van der Waals surface area contributed by atoms with Crippen molar-refractivity contribution in [3.05, 3.63) is 56.9 Å². The summed E-state index contributed by atoms with van der Waals surface area (Å²) in [5.41, 5.74) is 7.38. The van der Waals surface area contributed by atoms with E-state index in [1.165, 1.54) is 57.9 Å². The molecule has 0 amide bonds. The minimum Gasteiger partial charge on any atom is -0.333 e. The van der Waals surface area contributed by atoms with Crippen LogP contribution in [0.1, 0.15) is 70.6 Å². The van der Waals surface area contributed by atoms with Crippen LogP contribution in [0.2, 0.25) is 0 Å². The normalized spacial score (nSPS) is 10.7. The second-order valence-electron chi connectivity index (χ2n) is 7.79. The first-order valence-corrected chi connectivity index (χ1v) is 14.6. The lowest BCUT2D eigenvalue weighted by atomic mass is 9.99. The largest absolute Gasteiger partial charge is 0.333 e. The SMILES string of the molecule is C.CC.CC(C)c1ccc(-c2c3cc(C(C)C)sc3c(-c3cccs3)c3ccsc23)s1.CN. The molecule has 0 saturated carbocycles. The fourth-order valence-corrected chi connectivity index (χ4v) is 7.93. The van der Waals surface area contributed by atoms with E-state index in [1.54, 1.807) is 0 Å². The molecule has 5 rings (SSSR count). The average molecular weight is 516 g/mol. The first-order chi connectivity index (χ1) is 15.5. The Morgan fingerprint density at radius 3 is 1.91 bits per heavy atom. The molecule has 4 aromatic heterocycles. The van der Waals surface area contributed by atoms with Gasteiger partial charge in [0.05, 0.1) is 0 Å². The Hall–Kier alpha value is -1.50. The van der Waals surface area contributed by atoms with E-state index in [2.05, 4.69) is 80.6 Å². The van der Waals surface area contributed by atoms with Crippen LogP contribution < -0.4 is 5.73 Å². The van der Waals surface area contributed by atoms with Crippen LogP contribution in [0.3, 0.4) is 0 Å². The van der Waals surface area contributed by atoms with Crippen molar-refractivity contribution in [2.45, 2.75) is 60.8 Å². The van der Waals surface area contributed by atoms with E-state index in [4.69, 9.17) is 0 Å². The highest BCUT2D eigenvalue weighted by molar-refractivity contribution is 7.23. The summed E-state index contributed by atoms with van der Waals surface area (Å²) < 4.78 is 2.88. The molecule has 0 aliphatic rings. The zero-order valence-corrected chi connectivity index (χ0v) is 23.2. The van der Waals surface area contributed by atoms with E-state index in [0.29, 0.717) is 11.8 Å². The lowest BCUT2D eigenvalue weighted by molar-refractivity contribution is 0.890. The van der Waals surface area contributed by atoms with E-state index in [1.807, 2.05) is 59.2 Å². The number of thiophene rings is 4. The summed E-state index contributed by atoms with van der Waals surface area (Å²) >= 11 is 7.69. The summed E-state index contributed by atoms with van der Waals surface area (Å²) in [6, 6.07) is 13.9. The van der Waals surface area contributed by atoms with Crippen LogP contribution in [0.5, 0.6) is 0 Å². The third-order valence-electron chi connectivity index (χ3n) is 5.19. The Kier molecular flexibility index (Phi) is 10.3. The number of hydrogen-bond acceptors (Lipinski definition) is 5. The van der Waals surface area contributed by atoms with Gasteiger partial charge >= 0.3 is 0 Å². The summed E-state index contributed by atoms with van der Waals surface area (Å²) in [5, 5.41) is 7.30. The Bertz CT molecular complexity index is 1270. The Morgan fingerprint density at radius 1 is 0.667 bits per heavy atom. The highest BCUT2D eigenvalue weighted by atomic mass is 32.1. The molecule has 0 aliphatic heterocycles. The standard InChI is InChI=1S/C24H22S4.C2H6.CH5N.CH4/c1-13(2)17-7-8-19(27-17)22-16-12-20(14(3)4)28-24(16)21(18-6-5-10-25-18)15-9-11-26-23(15)22;2*1-2;/h5-14H,1-4H3;1-2H3;2H2,1H3;1H4. The van der Waals surface area contributed by atoms with Crippen LogP contribution in [0.25, 0.3) is 41.1 Å². The molecule has 0 atom stereocenters. The minimum absolute atomic E-state index is 0. The molecule has 0 fully saturated rings. The predicted octanol–water partition coefficient (Wildman–Crippen LogP) is 11.1. The molecule has 0 bridgehead atoms. The molecular formula is C28H37NS4. The van der Waals surface area contributed by atoms with Crippen molar-refractivity contribution in [1.29, 1.82) is 0 Å². The third-order valence-corrected chi connectivity index (χ3v) is 9.86. The minimum atomic E-state index is 0. The van der Waals surface area contributed by atoms with Crippen molar-refractivity contribution < 1.29 is 0 Å².